The Kier molecular flexibility index (Phi) is 5.47. The van der Waals surface area contributed by atoms with Crippen LogP contribution in [0.1, 0.15) is 24.6 Å². The summed E-state index contributed by atoms with van der Waals surface area (Å²) in [6.45, 7) is 4.12. The van der Waals surface area contributed by atoms with Gasteiger partial charge in [-0.25, -0.2) is 4.98 Å². The highest BCUT2D eigenvalue weighted by molar-refractivity contribution is 7.98. The van der Waals surface area contributed by atoms with E-state index >= 15 is 0 Å². The first kappa shape index (κ1) is 14.8. The third kappa shape index (κ3) is 3.38. The number of pyridine rings is 1. The van der Waals surface area contributed by atoms with Crippen LogP contribution in [0.3, 0.4) is 0 Å². The van der Waals surface area contributed by atoms with E-state index in [9.17, 15) is 0 Å². The van der Waals surface area contributed by atoms with Crippen molar-refractivity contribution in [3.05, 3.63) is 23.4 Å². The first-order valence-corrected chi connectivity index (χ1v) is 7.44. The molecule has 0 saturated carbocycles. The van der Waals surface area contributed by atoms with Crippen molar-refractivity contribution in [1.29, 1.82) is 5.41 Å². The maximum absolute atomic E-state index is 7.65. The molecule has 0 aliphatic heterocycles. The third-order valence-electron chi connectivity index (χ3n) is 3.02. The summed E-state index contributed by atoms with van der Waals surface area (Å²) in [5, 5.41) is 7.65. The van der Waals surface area contributed by atoms with Gasteiger partial charge in [-0.05, 0) is 31.7 Å². The number of nitrogens with two attached hydrogens (primary N) is 1. The SMILES string of the molecule is CCC(CSC)N(C)c1nc(C)ccc1C(=N)N. The molecule has 0 aliphatic carbocycles. The van der Waals surface area contributed by atoms with E-state index < -0.39 is 0 Å². The Morgan fingerprint density at radius 3 is 2.72 bits per heavy atom. The number of aryl methyl sites for hydroxylation is 1. The average Bonchev–Trinajstić information content (AvgIpc) is 2.34. The zero-order valence-corrected chi connectivity index (χ0v) is 12.3. The molecule has 0 radical (unpaired) electrons. The van der Waals surface area contributed by atoms with Gasteiger partial charge in [0.25, 0.3) is 0 Å². The van der Waals surface area contributed by atoms with Crippen LogP contribution < -0.4 is 10.6 Å². The Morgan fingerprint density at radius 1 is 1.56 bits per heavy atom. The first-order valence-electron chi connectivity index (χ1n) is 6.05. The van der Waals surface area contributed by atoms with E-state index in [2.05, 4.69) is 23.1 Å². The third-order valence-corrected chi connectivity index (χ3v) is 3.73. The van der Waals surface area contributed by atoms with Gasteiger partial charge in [-0.15, -0.1) is 0 Å². The Bertz CT molecular complexity index is 419. The van der Waals surface area contributed by atoms with Crippen LogP contribution in [0.25, 0.3) is 0 Å². The quantitative estimate of drug-likeness (QED) is 0.612. The lowest BCUT2D eigenvalue weighted by atomic mass is 10.1. The predicted molar refractivity (Wildman–Crippen MR) is 80.9 cm³/mol. The van der Waals surface area contributed by atoms with Gasteiger partial charge in [-0.3, -0.25) is 5.41 Å². The Balaban J connectivity index is 3.13. The fourth-order valence-corrected chi connectivity index (χ4v) is 2.74. The van der Waals surface area contributed by atoms with Gasteiger partial charge in [-0.2, -0.15) is 11.8 Å². The number of anilines is 1. The minimum absolute atomic E-state index is 0.0726. The molecule has 1 aromatic rings. The summed E-state index contributed by atoms with van der Waals surface area (Å²) in [5.41, 5.74) is 7.29. The molecule has 1 rings (SSSR count). The van der Waals surface area contributed by atoms with Crippen molar-refractivity contribution in [3.63, 3.8) is 0 Å². The normalized spacial score (nSPS) is 12.2. The number of nitrogens with one attached hydrogen (secondary N) is 1. The van der Waals surface area contributed by atoms with Gasteiger partial charge in [0.15, 0.2) is 0 Å². The Hall–Kier alpha value is -1.23. The van der Waals surface area contributed by atoms with Crippen LogP contribution in [0.5, 0.6) is 0 Å². The standard InChI is InChI=1S/C13H22N4S/c1-5-10(8-18-4)17(3)13-11(12(14)15)7-6-9(2)16-13/h6-7,10H,5,8H2,1-4H3,(H3,14,15). The van der Waals surface area contributed by atoms with Crippen LogP contribution in [0, 0.1) is 12.3 Å². The maximum atomic E-state index is 7.65. The lowest BCUT2D eigenvalue weighted by Crippen LogP contribution is -2.35. The lowest BCUT2D eigenvalue weighted by Gasteiger charge is -2.29. The number of rotatable bonds is 6. The van der Waals surface area contributed by atoms with Gasteiger partial charge in [0.1, 0.15) is 11.7 Å². The van der Waals surface area contributed by atoms with Crippen LogP contribution in [0.4, 0.5) is 5.82 Å². The molecule has 100 valence electrons. The topological polar surface area (TPSA) is 66.0 Å². The van der Waals surface area contributed by atoms with Crippen LogP contribution in [0.15, 0.2) is 12.1 Å². The van der Waals surface area contributed by atoms with Gasteiger partial charge in [0.05, 0.1) is 5.56 Å². The zero-order chi connectivity index (χ0) is 13.7. The summed E-state index contributed by atoms with van der Waals surface area (Å²) in [5.74, 6) is 1.92. The smallest absolute Gasteiger partial charge is 0.139 e. The van der Waals surface area contributed by atoms with Crippen molar-refractivity contribution >= 4 is 23.4 Å². The summed E-state index contributed by atoms with van der Waals surface area (Å²) in [7, 11) is 2.03. The number of nitrogens with zero attached hydrogens (tertiary/aromatic N) is 2. The van der Waals surface area contributed by atoms with E-state index in [1.54, 1.807) is 0 Å². The lowest BCUT2D eigenvalue weighted by molar-refractivity contribution is 0.664. The summed E-state index contributed by atoms with van der Waals surface area (Å²) in [4.78, 5) is 6.68. The molecular weight excluding hydrogens is 244 g/mol. The molecule has 5 heteroatoms. The molecule has 0 fully saturated rings. The van der Waals surface area contributed by atoms with E-state index in [0.29, 0.717) is 11.6 Å². The highest BCUT2D eigenvalue weighted by Crippen LogP contribution is 2.21. The van der Waals surface area contributed by atoms with Crippen molar-refractivity contribution in [1.82, 2.24) is 4.98 Å². The molecule has 1 aromatic heterocycles. The average molecular weight is 266 g/mol. The molecule has 4 nitrogen and oxygen atoms in total. The molecule has 18 heavy (non-hydrogen) atoms. The molecule has 0 aliphatic rings. The van der Waals surface area contributed by atoms with Crippen LogP contribution >= 0.6 is 11.8 Å². The minimum Gasteiger partial charge on any atom is -0.384 e. The second kappa shape index (κ2) is 6.64. The van der Waals surface area contributed by atoms with Gasteiger partial charge >= 0.3 is 0 Å². The molecule has 0 amide bonds. The van der Waals surface area contributed by atoms with Crippen molar-refractivity contribution < 1.29 is 0 Å². The van der Waals surface area contributed by atoms with Gasteiger partial charge in [-0.1, -0.05) is 6.92 Å². The van der Waals surface area contributed by atoms with Crippen LogP contribution in [-0.2, 0) is 0 Å². The first-order chi connectivity index (χ1) is 8.51. The Morgan fingerprint density at radius 2 is 2.22 bits per heavy atom. The van der Waals surface area contributed by atoms with Crippen molar-refractivity contribution in [2.45, 2.75) is 26.3 Å². The van der Waals surface area contributed by atoms with Crippen molar-refractivity contribution in [2.24, 2.45) is 5.73 Å². The summed E-state index contributed by atoms with van der Waals surface area (Å²) >= 11 is 1.82. The highest BCUT2D eigenvalue weighted by Gasteiger charge is 2.18. The molecule has 0 aromatic carbocycles. The highest BCUT2D eigenvalue weighted by atomic mass is 32.2. The second-order valence-corrected chi connectivity index (χ2v) is 5.28. The van der Waals surface area contributed by atoms with Gasteiger partial charge in [0, 0.05) is 24.5 Å². The van der Waals surface area contributed by atoms with E-state index in [1.807, 2.05) is 37.9 Å². The molecule has 1 heterocycles. The number of amidine groups is 1. The minimum atomic E-state index is 0.0726. The fourth-order valence-electron chi connectivity index (χ4n) is 1.89. The number of thioether (sulfide) groups is 1. The number of aromatic nitrogens is 1. The van der Waals surface area contributed by atoms with E-state index in [0.717, 1.165) is 23.7 Å². The summed E-state index contributed by atoms with van der Waals surface area (Å²) in [6.07, 6.45) is 3.15. The Labute approximate surface area is 113 Å². The van der Waals surface area contributed by atoms with Gasteiger partial charge < -0.3 is 10.6 Å². The molecule has 1 unspecified atom stereocenters. The summed E-state index contributed by atoms with van der Waals surface area (Å²) < 4.78 is 0. The molecule has 0 bridgehead atoms. The predicted octanol–water partition coefficient (Wildman–Crippen LogP) is 2.25. The number of hydrogen-bond donors (Lipinski definition) is 2. The number of hydrogen-bond acceptors (Lipinski definition) is 4. The number of nitrogen functional groups attached to an aromatic ring is 1. The van der Waals surface area contributed by atoms with Crippen molar-refractivity contribution in [3.8, 4) is 0 Å². The van der Waals surface area contributed by atoms with E-state index in [1.165, 1.54) is 0 Å². The summed E-state index contributed by atoms with van der Waals surface area (Å²) in [6, 6.07) is 4.18. The van der Waals surface area contributed by atoms with Crippen LogP contribution in [-0.4, -0.2) is 35.9 Å². The molecule has 0 saturated heterocycles. The molecule has 0 spiro atoms. The van der Waals surface area contributed by atoms with E-state index in [4.69, 9.17) is 11.1 Å². The molecule has 1 atom stereocenters. The molecular formula is C13H22N4S. The van der Waals surface area contributed by atoms with Crippen LogP contribution in [0.2, 0.25) is 0 Å². The fraction of sp³-hybridized carbons (Fsp3) is 0.538. The second-order valence-electron chi connectivity index (χ2n) is 4.37. The van der Waals surface area contributed by atoms with Gasteiger partial charge in [0.2, 0.25) is 0 Å². The molecule has 3 N–H and O–H groups in total. The largest absolute Gasteiger partial charge is 0.384 e. The van der Waals surface area contributed by atoms with E-state index in [-0.39, 0.29) is 5.84 Å². The van der Waals surface area contributed by atoms with Crippen molar-refractivity contribution in [2.75, 3.05) is 24.0 Å². The zero-order valence-electron chi connectivity index (χ0n) is 11.5. The monoisotopic (exact) mass is 266 g/mol. The maximum Gasteiger partial charge on any atom is 0.139 e.